The van der Waals surface area contributed by atoms with Crippen molar-refractivity contribution in [3.8, 4) is 0 Å². The fraction of sp³-hybridized carbons (Fsp3) is 0.417. The van der Waals surface area contributed by atoms with Gasteiger partial charge in [0.15, 0.2) is 0 Å². The molecule has 0 N–H and O–H groups in total. The van der Waals surface area contributed by atoms with Gasteiger partial charge in [-0.3, -0.25) is 4.90 Å². The molecule has 4 heteroatoms. The highest BCUT2D eigenvalue weighted by molar-refractivity contribution is 7.08. The van der Waals surface area contributed by atoms with Crippen LogP contribution < -0.4 is 4.90 Å². The second-order valence-electron chi connectivity index (χ2n) is 4.53. The molecule has 0 aliphatic carbocycles. The number of nitrogens with zero attached hydrogens (tertiary/aromatic N) is 1. The van der Waals surface area contributed by atoms with E-state index in [1.807, 2.05) is 37.6 Å². The van der Waals surface area contributed by atoms with Gasteiger partial charge in [-0.05, 0) is 39.1 Å². The number of amides is 1. The summed E-state index contributed by atoms with van der Waals surface area (Å²) in [6.07, 6.45) is -0.390. The monoisotopic (exact) mass is 239 g/mol. The van der Waals surface area contributed by atoms with Crippen molar-refractivity contribution >= 4 is 23.1 Å². The quantitative estimate of drug-likeness (QED) is 0.780. The molecule has 0 fully saturated rings. The van der Waals surface area contributed by atoms with Crippen LogP contribution in [0.2, 0.25) is 0 Å². The normalized spacial score (nSPS) is 11.0. The molecule has 0 saturated heterocycles. The first kappa shape index (κ1) is 12.8. The lowest BCUT2D eigenvalue weighted by molar-refractivity contribution is 0.0593. The molecule has 0 unspecified atom stereocenters. The molecule has 88 valence electrons. The first-order valence-electron chi connectivity index (χ1n) is 5.02. The molecular formula is C12H17NO2S. The van der Waals surface area contributed by atoms with E-state index in [2.05, 4.69) is 6.58 Å². The summed E-state index contributed by atoms with van der Waals surface area (Å²) in [5.74, 6) is 0. The molecule has 0 aromatic carbocycles. The van der Waals surface area contributed by atoms with Crippen LogP contribution >= 0.6 is 11.3 Å². The molecule has 3 nitrogen and oxygen atoms in total. The third-order valence-corrected chi connectivity index (χ3v) is 2.39. The van der Waals surface area contributed by atoms with Gasteiger partial charge in [0.25, 0.3) is 0 Å². The summed E-state index contributed by atoms with van der Waals surface area (Å²) in [6, 6.07) is 1.86. The Hall–Kier alpha value is -1.29. The molecule has 1 heterocycles. The van der Waals surface area contributed by atoms with Gasteiger partial charge in [0.05, 0.1) is 5.69 Å². The summed E-state index contributed by atoms with van der Waals surface area (Å²) in [7, 11) is 0. The van der Waals surface area contributed by atoms with Crippen molar-refractivity contribution in [2.45, 2.75) is 33.3 Å². The zero-order valence-corrected chi connectivity index (χ0v) is 10.9. The molecule has 0 aliphatic heterocycles. The number of hydrogen-bond donors (Lipinski definition) is 0. The lowest BCUT2D eigenvalue weighted by Gasteiger charge is -2.26. The summed E-state index contributed by atoms with van der Waals surface area (Å²) in [5, 5.41) is 3.80. The van der Waals surface area contributed by atoms with Crippen LogP contribution in [-0.2, 0) is 4.74 Å². The van der Waals surface area contributed by atoms with E-state index < -0.39 is 11.7 Å². The minimum absolute atomic E-state index is 0.390. The molecule has 1 rings (SSSR count). The zero-order valence-electron chi connectivity index (χ0n) is 10.1. The lowest BCUT2D eigenvalue weighted by Crippen LogP contribution is -2.35. The van der Waals surface area contributed by atoms with Gasteiger partial charge in [-0.15, -0.1) is 0 Å². The Labute approximate surface area is 100 Å². The number of allylic oxidation sites excluding steroid dienone is 1. The molecule has 1 aromatic heterocycles. The van der Waals surface area contributed by atoms with Crippen LogP contribution in [-0.4, -0.2) is 11.7 Å². The van der Waals surface area contributed by atoms with Gasteiger partial charge in [-0.25, -0.2) is 4.79 Å². The predicted octanol–water partition coefficient (Wildman–Crippen LogP) is 4.02. The van der Waals surface area contributed by atoms with Crippen LogP contribution in [0.1, 0.15) is 27.7 Å². The number of anilines is 1. The fourth-order valence-corrected chi connectivity index (χ4v) is 1.79. The van der Waals surface area contributed by atoms with Gasteiger partial charge in [0.2, 0.25) is 0 Å². The molecule has 0 spiro atoms. The summed E-state index contributed by atoms with van der Waals surface area (Å²) < 4.78 is 5.32. The predicted molar refractivity (Wildman–Crippen MR) is 67.8 cm³/mol. The fourth-order valence-electron chi connectivity index (χ4n) is 1.17. The SMILES string of the molecule is C=C(C)N(C(=O)OC(C)(C)C)c1ccsc1. The Kier molecular flexibility index (Phi) is 3.75. The van der Waals surface area contributed by atoms with Crippen molar-refractivity contribution in [3.63, 3.8) is 0 Å². The Balaban J connectivity index is 2.88. The van der Waals surface area contributed by atoms with Crippen molar-refractivity contribution in [2.75, 3.05) is 4.90 Å². The van der Waals surface area contributed by atoms with E-state index in [0.29, 0.717) is 5.70 Å². The number of thiophene rings is 1. The van der Waals surface area contributed by atoms with Crippen LogP contribution in [0.15, 0.2) is 29.1 Å². The van der Waals surface area contributed by atoms with Crippen molar-refractivity contribution in [3.05, 3.63) is 29.1 Å². The molecular weight excluding hydrogens is 222 g/mol. The highest BCUT2D eigenvalue weighted by Crippen LogP contribution is 2.24. The van der Waals surface area contributed by atoms with Gasteiger partial charge in [-0.1, -0.05) is 6.58 Å². The number of ether oxygens (including phenoxy) is 1. The van der Waals surface area contributed by atoms with E-state index in [-0.39, 0.29) is 0 Å². The number of hydrogen-bond acceptors (Lipinski definition) is 3. The van der Waals surface area contributed by atoms with Crippen molar-refractivity contribution < 1.29 is 9.53 Å². The average molecular weight is 239 g/mol. The molecule has 0 saturated carbocycles. The number of rotatable bonds is 2. The molecule has 1 amide bonds. The van der Waals surface area contributed by atoms with E-state index in [1.54, 1.807) is 6.92 Å². The number of carbonyl (C=O) groups excluding carboxylic acids is 1. The van der Waals surface area contributed by atoms with Gasteiger partial charge >= 0.3 is 6.09 Å². The Morgan fingerprint density at radius 3 is 2.50 bits per heavy atom. The largest absolute Gasteiger partial charge is 0.443 e. The Bertz CT molecular complexity index is 376. The summed E-state index contributed by atoms with van der Waals surface area (Å²) in [5.41, 5.74) is 0.945. The van der Waals surface area contributed by atoms with Crippen molar-refractivity contribution in [1.29, 1.82) is 0 Å². The molecule has 16 heavy (non-hydrogen) atoms. The zero-order chi connectivity index (χ0) is 12.3. The van der Waals surface area contributed by atoms with Gasteiger partial charge in [-0.2, -0.15) is 11.3 Å². The van der Waals surface area contributed by atoms with E-state index in [9.17, 15) is 4.79 Å². The average Bonchev–Trinajstić information content (AvgIpc) is 2.52. The maximum atomic E-state index is 11.9. The van der Waals surface area contributed by atoms with Crippen molar-refractivity contribution in [2.24, 2.45) is 0 Å². The van der Waals surface area contributed by atoms with E-state index in [4.69, 9.17) is 4.74 Å². The summed E-state index contributed by atoms with van der Waals surface area (Å²) >= 11 is 1.53. The molecule has 0 radical (unpaired) electrons. The standard InChI is InChI=1S/C12H17NO2S/c1-9(2)13(10-6-7-16-8-10)11(14)15-12(3,4)5/h6-8H,1H2,2-5H3. The van der Waals surface area contributed by atoms with Crippen LogP contribution in [0.25, 0.3) is 0 Å². The summed E-state index contributed by atoms with van der Waals surface area (Å²) in [6.45, 7) is 11.1. The van der Waals surface area contributed by atoms with Gasteiger partial charge < -0.3 is 4.74 Å². The van der Waals surface area contributed by atoms with E-state index in [1.165, 1.54) is 16.2 Å². The van der Waals surface area contributed by atoms with Crippen LogP contribution in [0.5, 0.6) is 0 Å². The van der Waals surface area contributed by atoms with Gasteiger partial charge in [0.1, 0.15) is 5.60 Å². The number of carbonyl (C=O) groups is 1. The molecule has 0 atom stereocenters. The second kappa shape index (κ2) is 4.70. The Morgan fingerprint density at radius 1 is 1.50 bits per heavy atom. The molecule has 0 bridgehead atoms. The third-order valence-electron chi connectivity index (χ3n) is 1.72. The van der Waals surface area contributed by atoms with E-state index >= 15 is 0 Å². The minimum Gasteiger partial charge on any atom is -0.443 e. The maximum absolute atomic E-state index is 11.9. The van der Waals surface area contributed by atoms with Crippen LogP contribution in [0.4, 0.5) is 10.5 Å². The van der Waals surface area contributed by atoms with Crippen LogP contribution in [0, 0.1) is 0 Å². The third kappa shape index (κ3) is 3.38. The highest BCUT2D eigenvalue weighted by Gasteiger charge is 2.24. The topological polar surface area (TPSA) is 29.5 Å². The lowest BCUT2D eigenvalue weighted by atomic mass is 10.2. The smallest absolute Gasteiger partial charge is 0.419 e. The first-order valence-corrected chi connectivity index (χ1v) is 5.96. The molecule has 0 aliphatic rings. The second-order valence-corrected chi connectivity index (χ2v) is 5.31. The first-order chi connectivity index (χ1) is 7.31. The van der Waals surface area contributed by atoms with E-state index in [0.717, 1.165) is 5.69 Å². The maximum Gasteiger partial charge on any atom is 0.419 e. The van der Waals surface area contributed by atoms with Gasteiger partial charge in [0, 0.05) is 11.1 Å². The highest BCUT2D eigenvalue weighted by atomic mass is 32.1. The molecule has 1 aromatic rings. The summed E-state index contributed by atoms with van der Waals surface area (Å²) in [4.78, 5) is 13.4. The minimum atomic E-state index is -0.499. The Morgan fingerprint density at radius 2 is 2.12 bits per heavy atom. The van der Waals surface area contributed by atoms with Crippen molar-refractivity contribution in [1.82, 2.24) is 0 Å². The van der Waals surface area contributed by atoms with Crippen LogP contribution in [0.3, 0.4) is 0 Å².